The normalized spacial score (nSPS) is 11.2. The summed E-state index contributed by atoms with van der Waals surface area (Å²) in [5.41, 5.74) is 0.393. The first-order valence-corrected chi connectivity index (χ1v) is 5.62. The van der Waals surface area contributed by atoms with E-state index in [9.17, 15) is 18.0 Å². The van der Waals surface area contributed by atoms with Crippen LogP contribution in [0.2, 0.25) is 0 Å². The maximum Gasteiger partial charge on any atom is 0.433 e. The van der Waals surface area contributed by atoms with E-state index >= 15 is 0 Å². The zero-order valence-electron chi connectivity index (χ0n) is 10.4. The lowest BCUT2D eigenvalue weighted by molar-refractivity contribution is -0.141. The maximum absolute atomic E-state index is 12.5. The highest BCUT2D eigenvalue weighted by Gasteiger charge is 2.32. The van der Waals surface area contributed by atoms with E-state index in [1.165, 1.54) is 19.2 Å². The van der Waals surface area contributed by atoms with Gasteiger partial charge in [-0.3, -0.25) is 9.78 Å². The van der Waals surface area contributed by atoms with E-state index in [4.69, 9.17) is 4.74 Å². The number of rotatable bonds is 3. The van der Waals surface area contributed by atoms with Crippen molar-refractivity contribution >= 4 is 6.29 Å². The van der Waals surface area contributed by atoms with Gasteiger partial charge in [0.25, 0.3) is 0 Å². The van der Waals surface area contributed by atoms with E-state index in [1.807, 2.05) is 0 Å². The standard InChI is InChI=1S/C14H10F3NO2/c1-20-12-4-2-9(8-19)6-11(12)10-3-5-13(18-7-10)14(15,16)17/h2-8H,1H3. The fourth-order valence-electron chi connectivity index (χ4n) is 1.75. The molecule has 0 aliphatic rings. The molecule has 104 valence electrons. The lowest BCUT2D eigenvalue weighted by Crippen LogP contribution is -2.07. The smallest absolute Gasteiger partial charge is 0.433 e. The van der Waals surface area contributed by atoms with E-state index in [-0.39, 0.29) is 0 Å². The second kappa shape index (κ2) is 5.32. The molecule has 1 aromatic carbocycles. The minimum absolute atomic E-state index is 0.403. The molecule has 6 heteroatoms. The SMILES string of the molecule is COc1ccc(C=O)cc1-c1ccc(C(F)(F)F)nc1. The largest absolute Gasteiger partial charge is 0.496 e. The van der Waals surface area contributed by atoms with Gasteiger partial charge in [-0.2, -0.15) is 13.2 Å². The molecule has 2 aromatic rings. The van der Waals surface area contributed by atoms with Crippen molar-refractivity contribution in [3.8, 4) is 16.9 Å². The van der Waals surface area contributed by atoms with Crippen molar-refractivity contribution in [3.63, 3.8) is 0 Å². The molecule has 1 heterocycles. The molecular weight excluding hydrogens is 271 g/mol. The number of ether oxygens (including phenoxy) is 1. The van der Waals surface area contributed by atoms with Gasteiger partial charge in [0.05, 0.1) is 7.11 Å². The molecule has 0 saturated heterocycles. The van der Waals surface area contributed by atoms with Crippen LogP contribution in [0.3, 0.4) is 0 Å². The van der Waals surface area contributed by atoms with Crippen molar-refractivity contribution in [3.05, 3.63) is 47.8 Å². The summed E-state index contributed by atoms with van der Waals surface area (Å²) in [4.78, 5) is 14.2. The summed E-state index contributed by atoms with van der Waals surface area (Å²) in [5, 5.41) is 0. The second-order valence-corrected chi connectivity index (χ2v) is 4.01. The molecule has 0 saturated carbocycles. The quantitative estimate of drug-likeness (QED) is 0.807. The predicted octanol–water partition coefficient (Wildman–Crippen LogP) is 3.59. The monoisotopic (exact) mass is 281 g/mol. The Hall–Kier alpha value is -2.37. The molecule has 0 amide bonds. The lowest BCUT2D eigenvalue weighted by atomic mass is 10.0. The van der Waals surface area contributed by atoms with Gasteiger partial charge in [-0.25, -0.2) is 0 Å². The first-order chi connectivity index (χ1) is 9.45. The summed E-state index contributed by atoms with van der Waals surface area (Å²) < 4.78 is 42.5. The summed E-state index contributed by atoms with van der Waals surface area (Å²) in [6, 6.07) is 6.87. The van der Waals surface area contributed by atoms with E-state index in [2.05, 4.69) is 4.98 Å². The Morgan fingerprint density at radius 2 is 1.95 bits per heavy atom. The van der Waals surface area contributed by atoms with Crippen LogP contribution in [0.5, 0.6) is 5.75 Å². The highest BCUT2D eigenvalue weighted by Crippen LogP contribution is 2.32. The highest BCUT2D eigenvalue weighted by molar-refractivity contribution is 5.81. The lowest BCUT2D eigenvalue weighted by Gasteiger charge is -2.10. The van der Waals surface area contributed by atoms with Crippen LogP contribution in [0.15, 0.2) is 36.5 Å². The predicted molar refractivity (Wildman–Crippen MR) is 66.6 cm³/mol. The molecule has 0 unspecified atom stereocenters. The summed E-state index contributed by atoms with van der Waals surface area (Å²) in [5.74, 6) is 0.456. The number of nitrogens with zero attached hydrogens (tertiary/aromatic N) is 1. The van der Waals surface area contributed by atoms with Crippen LogP contribution in [0.1, 0.15) is 16.1 Å². The van der Waals surface area contributed by atoms with Crippen molar-refractivity contribution in [2.45, 2.75) is 6.18 Å². The molecule has 0 aliphatic carbocycles. The van der Waals surface area contributed by atoms with Gasteiger partial charge in [-0.15, -0.1) is 0 Å². The summed E-state index contributed by atoms with van der Waals surface area (Å²) in [6.07, 6.45) is -2.72. The molecule has 0 N–H and O–H groups in total. The first-order valence-electron chi connectivity index (χ1n) is 5.62. The number of halogens is 3. The summed E-state index contributed by atoms with van der Waals surface area (Å²) >= 11 is 0. The molecule has 0 spiro atoms. The van der Waals surface area contributed by atoms with Crippen LogP contribution < -0.4 is 4.74 Å². The molecule has 3 nitrogen and oxygen atoms in total. The van der Waals surface area contributed by atoms with E-state index < -0.39 is 11.9 Å². The highest BCUT2D eigenvalue weighted by atomic mass is 19.4. The number of pyridine rings is 1. The molecule has 2 rings (SSSR count). The number of alkyl halides is 3. The molecular formula is C14H10F3NO2. The number of hydrogen-bond acceptors (Lipinski definition) is 3. The fraction of sp³-hybridized carbons (Fsp3) is 0.143. The number of carbonyl (C=O) groups is 1. The van der Waals surface area contributed by atoms with Crippen LogP contribution in [-0.4, -0.2) is 18.4 Å². The number of hydrogen-bond donors (Lipinski definition) is 0. The molecule has 0 atom stereocenters. The number of aldehydes is 1. The second-order valence-electron chi connectivity index (χ2n) is 4.01. The first kappa shape index (κ1) is 14.0. The number of aromatic nitrogens is 1. The minimum atomic E-state index is -4.48. The van der Waals surface area contributed by atoms with Crippen LogP contribution in [-0.2, 0) is 6.18 Å². The third-order valence-electron chi connectivity index (χ3n) is 2.72. The molecule has 1 aromatic heterocycles. The van der Waals surface area contributed by atoms with E-state index in [1.54, 1.807) is 12.1 Å². The van der Waals surface area contributed by atoms with Gasteiger partial charge < -0.3 is 4.74 Å². The van der Waals surface area contributed by atoms with Crippen molar-refractivity contribution in [1.82, 2.24) is 4.98 Å². The van der Waals surface area contributed by atoms with Gasteiger partial charge in [0, 0.05) is 22.9 Å². The third-order valence-corrected chi connectivity index (χ3v) is 2.72. The Labute approximate surface area is 113 Å². The molecule has 20 heavy (non-hydrogen) atoms. The van der Waals surface area contributed by atoms with Crippen molar-refractivity contribution in [2.24, 2.45) is 0 Å². The van der Waals surface area contributed by atoms with E-state index in [0.29, 0.717) is 28.7 Å². The topological polar surface area (TPSA) is 39.2 Å². The Kier molecular flexibility index (Phi) is 3.74. The zero-order chi connectivity index (χ0) is 14.8. The van der Waals surface area contributed by atoms with Crippen molar-refractivity contribution in [2.75, 3.05) is 7.11 Å². The Morgan fingerprint density at radius 1 is 1.20 bits per heavy atom. The van der Waals surface area contributed by atoms with Crippen LogP contribution in [0.25, 0.3) is 11.1 Å². The van der Waals surface area contributed by atoms with Gasteiger partial charge in [0.1, 0.15) is 17.7 Å². The maximum atomic E-state index is 12.5. The molecule has 0 fully saturated rings. The Balaban J connectivity index is 2.48. The number of benzene rings is 1. The van der Waals surface area contributed by atoms with E-state index in [0.717, 1.165) is 12.3 Å². The van der Waals surface area contributed by atoms with Crippen LogP contribution in [0, 0.1) is 0 Å². The molecule has 0 bridgehead atoms. The number of carbonyl (C=O) groups excluding carboxylic acids is 1. The van der Waals surface area contributed by atoms with Crippen molar-refractivity contribution < 1.29 is 22.7 Å². The average molecular weight is 281 g/mol. The van der Waals surface area contributed by atoms with Gasteiger partial charge in [-0.1, -0.05) is 6.07 Å². The Bertz CT molecular complexity index is 621. The molecule has 0 aliphatic heterocycles. The summed E-state index contributed by atoms with van der Waals surface area (Å²) in [7, 11) is 1.44. The average Bonchev–Trinajstić information content (AvgIpc) is 2.45. The van der Waals surface area contributed by atoms with Crippen molar-refractivity contribution in [1.29, 1.82) is 0 Å². The van der Waals surface area contributed by atoms with Crippen LogP contribution in [0.4, 0.5) is 13.2 Å². The Morgan fingerprint density at radius 3 is 2.45 bits per heavy atom. The van der Waals surface area contributed by atoms with Gasteiger partial charge in [0.15, 0.2) is 0 Å². The minimum Gasteiger partial charge on any atom is -0.496 e. The number of methoxy groups -OCH3 is 1. The molecule has 0 radical (unpaired) electrons. The van der Waals surface area contributed by atoms with Gasteiger partial charge in [0.2, 0.25) is 0 Å². The zero-order valence-corrected chi connectivity index (χ0v) is 10.4. The van der Waals surface area contributed by atoms with Gasteiger partial charge in [-0.05, 0) is 24.3 Å². The summed E-state index contributed by atoms with van der Waals surface area (Å²) in [6.45, 7) is 0. The van der Waals surface area contributed by atoms with Crippen LogP contribution >= 0.6 is 0 Å². The fourth-order valence-corrected chi connectivity index (χ4v) is 1.75. The third kappa shape index (κ3) is 2.79. The van der Waals surface area contributed by atoms with Gasteiger partial charge >= 0.3 is 6.18 Å².